The normalized spacial score (nSPS) is 16.6. The highest BCUT2D eigenvalue weighted by Gasteiger charge is 2.35. The van der Waals surface area contributed by atoms with Crippen molar-refractivity contribution in [1.82, 2.24) is 10.2 Å². The molecular formula is C20H23N3O4. The Hall–Kier alpha value is -3.09. The summed E-state index contributed by atoms with van der Waals surface area (Å²) in [6.07, 6.45) is 1.79. The fraction of sp³-hybridized carbons (Fsp3) is 0.350. The molecule has 1 saturated heterocycles. The summed E-state index contributed by atoms with van der Waals surface area (Å²) in [4.78, 5) is 38.2. The van der Waals surface area contributed by atoms with E-state index < -0.39 is 0 Å². The van der Waals surface area contributed by atoms with E-state index in [1.807, 2.05) is 13.8 Å². The topological polar surface area (TPSA) is 91.7 Å². The van der Waals surface area contributed by atoms with E-state index in [0.29, 0.717) is 30.1 Å². The summed E-state index contributed by atoms with van der Waals surface area (Å²) in [5.41, 5.74) is 1.08. The van der Waals surface area contributed by atoms with E-state index in [2.05, 4.69) is 10.6 Å². The second-order valence-corrected chi connectivity index (χ2v) is 6.87. The first kappa shape index (κ1) is 18.7. The van der Waals surface area contributed by atoms with Crippen molar-refractivity contribution in [1.29, 1.82) is 0 Å². The molecular weight excluding hydrogens is 346 g/mol. The largest absolute Gasteiger partial charge is 0.467 e. The molecule has 27 heavy (non-hydrogen) atoms. The maximum atomic E-state index is 12.4. The van der Waals surface area contributed by atoms with Crippen LogP contribution in [0.25, 0.3) is 0 Å². The van der Waals surface area contributed by atoms with Crippen molar-refractivity contribution in [2.75, 3.05) is 11.9 Å². The van der Waals surface area contributed by atoms with Crippen molar-refractivity contribution in [3.8, 4) is 0 Å². The van der Waals surface area contributed by atoms with Gasteiger partial charge in [-0.25, -0.2) is 0 Å². The molecule has 1 atom stereocenters. The van der Waals surface area contributed by atoms with Gasteiger partial charge in [0.2, 0.25) is 11.8 Å². The number of rotatable bonds is 6. The lowest BCUT2D eigenvalue weighted by Gasteiger charge is -2.20. The Balaban J connectivity index is 1.53. The number of benzene rings is 1. The van der Waals surface area contributed by atoms with Crippen molar-refractivity contribution in [3.63, 3.8) is 0 Å². The third-order valence-corrected chi connectivity index (χ3v) is 4.57. The van der Waals surface area contributed by atoms with Gasteiger partial charge in [-0.3, -0.25) is 14.4 Å². The molecule has 0 spiro atoms. The van der Waals surface area contributed by atoms with Crippen molar-refractivity contribution in [2.45, 2.75) is 32.9 Å². The van der Waals surface area contributed by atoms with E-state index >= 15 is 0 Å². The number of carbonyl (C=O) groups is 3. The fourth-order valence-corrected chi connectivity index (χ4v) is 3.04. The zero-order chi connectivity index (χ0) is 19.4. The smallest absolute Gasteiger partial charge is 0.251 e. The van der Waals surface area contributed by atoms with Crippen LogP contribution in [-0.4, -0.2) is 35.2 Å². The number of hydrogen-bond donors (Lipinski definition) is 2. The number of likely N-dealkylation sites (tertiary alicyclic amines) is 1. The number of nitrogens with zero attached hydrogens (tertiary/aromatic N) is 1. The lowest BCUT2D eigenvalue weighted by Crippen LogP contribution is -2.33. The summed E-state index contributed by atoms with van der Waals surface area (Å²) in [5, 5.41) is 5.58. The number of furan rings is 1. The molecule has 3 rings (SSSR count). The molecule has 2 N–H and O–H groups in total. The molecule has 1 aliphatic heterocycles. The van der Waals surface area contributed by atoms with Crippen LogP contribution in [0.1, 0.15) is 36.4 Å². The van der Waals surface area contributed by atoms with Crippen LogP contribution in [-0.2, 0) is 16.1 Å². The van der Waals surface area contributed by atoms with Gasteiger partial charge in [0.25, 0.3) is 5.91 Å². The molecule has 0 saturated carbocycles. The van der Waals surface area contributed by atoms with Crippen LogP contribution in [0.4, 0.5) is 5.69 Å². The van der Waals surface area contributed by atoms with E-state index in [1.165, 1.54) is 0 Å². The van der Waals surface area contributed by atoms with Gasteiger partial charge in [0, 0.05) is 30.3 Å². The molecule has 1 fully saturated rings. The van der Waals surface area contributed by atoms with Crippen molar-refractivity contribution in [3.05, 3.63) is 54.0 Å². The van der Waals surface area contributed by atoms with E-state index in [4.69, 9.17) is 4.42 Å². The molecule has 1 aromatic carbocycles. The average Bonchev–Trinajstić information content (AvgIpc) is 3.29. The van der Waals surface area contributed by atoms with Crippen LogP contribution in [0.3, 0.4) is 0 Å². The first-order valence-corrected chi connectivity index (χ1v) is 8.95. The van der Waals surface area contributed by atoms with E-state index in [0.717, 1.165) is 0 Å². The molecule has 7 heteroatoms. The zero-order valence-electron chi connectivity index (χ0n) is 15.4. The van der Waals surface area contributed by atoms with Crippen LogP contribution in [0.15, 0.2) is 47.1 Å². The van der Waals surface area contributed by atoms with E-state index in [9.17, 15) is 14.4 Å². The Morgan fingerprint density at radius 1 is 1.22 bits per heavy atom. The van der Waals surface area contributed by atoms with Gasteiger partial charge in [0.1, 0.15) is 5.76 Å². The minimum atomic E-state index is -0.351. The summed E-state index contributed by atoms with van der Waals surface area (Å²) in [5.74, 6) is -0.0709. The molecule has 2 aromatic rings. The van der Waals surface area contributed by atoms with Crippen molar-refractivity contribution >= 4 is 23.4 Å². The van der Waals surface area contributed by atoms with Gasteiger partial charge in [-0.2, -0.15) is 0 Å². The second kappa shape index (κ2) is 8.07. The molecule has 1 aliphatic rings. The van der Waals surface area contributed by atoms with Crippen molar-refractivity contribution in [2.24, 2.45) is 5.92 Å². The average molecular weight is 369 g/mol. The molecule has 3 amide bonds. The third-order valence-electron chi connectivity index (χ3n) is 4.57. The zero-order valence-corrected chi connectivity index (χ0v) is 15.4. The van der Waals surface area contributed by atoms with Gasteiger partial charge in [0.05, 0.1) is 18.7 Å². The van der Waals surface area contributed by atoms with Crippen LogP contribution in [0.5, 0.6) is 0 Å². The summed E-state index contributed by atoms with van der Waals surface area (Å²) in [6.45, 7) is 4.63. The predicted molar refractivity (Wildman–Crippen MR) is 99.9 cm³/mol. The molecule has 1 aromatic heterocycles. The number of hydrogen-bond acceptors (Lipinski definition) is 4. The fourth-order valence-electron chi connectivity index (χ4n) is 3.04. The minimum absolute atomic E-state index is 0.00808. The monoisotopic (exact) mass is 369 g/mol. The number of amides is 3. The molecule has 0 radical (unpaired) electrons. The Bertz CT molecular complexity index is 812. The highest BCUT2D eigenvalue weighted by atomic mass is 16.3. The van der Waals surface area contributed by atoms with Gasteiger partial charge in [0.15, 0.2) is 0 Å². The third kappa shape index (κ3) is 4.55. The lowest BCUT2D eigenvalue weighted by molar-refractivity contribution is -0.129. The SMILES string of the molecule is CC(C)N1CC(C(=O)Nc2ccc(C(=O)NCc3ccco3)cc2)CC1=O. The molecule has 0 bridgehead atoms. The Labute approximate surface area is 157 Å². The first-order valence-electron chi connectivity index (χ1n) is 8.95. The second-order valence-electron chi connectivity index (χ2n) is 6.87. The van der Waals surface area contributed by atoms with Gasteiger partial charge in [-0.05, 0) is 50.2 Å². The quantitative estimate of drug-likeness (QED) is 0.818. The maximum absolute atomic E-state index is 12.4. The van der Waals surface area contributed by atoms with Crippen LogP contribution >= 0.6 is 0 Å². The first-order chi connectivity index (χ1) is 12.9. The summed E-state index contributed by atoms with van der Waals surface area (Å²) < 4.78 is 5.17. The number of anilines is 1. The Morgan fingerprint density at radius 2 is 1.96 bits per heavy atom. The standard InChI is InChI=1S/C20H23N3O4/c1-13(2)23-12-15(10-18(23)24)20(26)22-16-7-5-14(6-8-16)19(25)21-11-17-4-3-9-27-17/h3-9,13,15H,10-12H2,1-2H3,(H,21,25)(H,22,26). The van der Waals surface area contributed by atoms with Crippen LogP contribution in [0, 0.1) is 5.92 Å². The van der Waals surface area contributed by atoms with E-state index in [1.54, 1.807) is 47.6 Å². The van der Waals surface area contributed by atoms with Gasteiger partial charge < -0.3 is 20.0 Å². The van der Waals surface area contributed by atoms with Gasteiger partial charge >= 0.3 is 0 Å². The highest BCUT2D eigenvalue weighted by Crippen LogP contribution is 2.22. The van der Waals surface area contributed by atoms with Crippen LogP contribution in [0.2, 0.25) is 0 Å². The van der Waals surface area contributed by atoms with Crippen molar-refractivity contribution < 1.29 is 18.8 Å². The summed E-state index contributed by atoms with van der Waals surface area (Å²) in [6, 6.07) is 10.3. The van der Waals surface area contributed by atoms with E-state index in [-0.39, 0.29) is 36.1 Å². The molecule has 142 valence electrons. The van der Waals surface area contributed by atoms with Gasteiger partial charge in [-0.15, -0.1) is 0 Å². The Morgan fingerprint density at radius 3 is 2.56 bits per heavy atom. The highest BCUT2D eigenvalue weighted by molar-refractivity contribution is 5.98. The van der Waals surface area contributed by atoms with Crippen LogP contribution < -0.4 is 10.6 Å². The molecule has 1 unspecified atom stereocenters. The molecule has 0 aliphatic carbocycles. The molecule has 2 heterocycles. The lowest BCUT2D eigenvalue weighted by atomic mass is 10.1. The Kier molecular flexibility index (Phi) is 5.59. The summed E-state index contributed by atoms with van der Waals surface area (Å²) >= 11 is 0. The summed E-state index contributed by atoms with van der Waals surface area (Å²) in [7, 11) is 0. The van der Waals surface area contributed by atoms with Gasteiger partial charge in [-0.1, -0.05) is 0 Å². The maximum Gasteiger partial charge on any atom is 0.251 e. The molecule has 7 nitrogen and oxygen atoms in total. The number of carbonyl (C=O) groups excluding carboxylic acids is 3. The minimum Gasteiger partial charge on any atom is -0.467 e. The predicted octanol–water partition coefficient (Wildman–Crippen LogP) is 2.41. The number of nitrogens with one attached hydrogen (secondary N) is 2.